The average molecular weight is 328 g/mol. The van der Waals surface area contributed by atoms with Crippen LogP contribution in [0.2, 0.25) is 9.36 Å². The van der Waals surface area contributed by atoms with Crippen molar-refractivity contribution < 1.29 is 4.74 Å². The maximum Gasteiger partial charge on any atom is 0.124 e. The van der Waals surface area contributed by atoms with Gasteiger partial charge in [-0.05, 0) is 36.6 Å². The third kappa shape index (κ3) is 2.68. The van der Waals surface area contributed by atoms with Crippen LogP contribution in [0.5, 0.6) is 5.75 Å². The number of aryl methyl sites for hydroxylation is 1. The SMILES string of the molecule is COc1cccc(Cl)c1CNC1CCc2sc(Cl)cc21. The number of rotatable bonds is 4. The summed E-state index contributed by atoms with van der Waals surface area (Å²) < 4.78 is 6.24. The van der Waals surface area contributed by atoms with Gasteiger partial charge in [0.1, 0.15) is 5.75 Å². The molecule has 0 fully saturated rings. The lowest BCUT2D eigenvalue weighted by molar-refractivity contribution is 0.405. The van der Waals surface area contributed by atoms with E-state index in [4.69, 9.17) is 27.9 Å². The summed E-state index contributed by atoms with van der Waals surface area (Å²) >= 11 is 14.0. The van der Waals surface area contributed by atoms with E-state index in [1.807, 2.05) is 18.2 Å². The van der Waals surface area contributed by atoms with Crippen molar-refractivity contribution in [2.45, 2.75) is 25.4 Å². The lowest BCUT2D eigenvalue weighted by atomic mass is 10.1. The van der Waals surface area contributed by atoms with Crippen LogP contribution in [0.3, 0.4) is 0 Å². The first-order valence-corrected chi connectivity index (χ1v) is 8.09. The van der Waals surface area contributed by atoms with Gasteiger partial charge >= 0.3 is 0 Å². The molecule has 3 rings (SSSR count). The zero-order valence-electron chi connectivity index (χ0n) is 11.1. The smallest absolute Gasteiger partial charge is 0.124 e. The predicted octanol–water partition coefficient (Wildman–Crippen LogP) is 4.84. The van der Waals surface area contributed by atoms with Gasteiger partial charge in [0.2, 0.25) is 0 Å². The van der Waals surface area contributed by atoms with Crippen LogP contribution in [0.4, 0.5) is 0 Å². The number of fused-ring (bicyclic) bond motifs is 1. The highest BCUT2D eigenvalue weighted by Crippen LogP contribution is 2.39. The van der Waals surface area contributed by atoms with E-state index >= 15 is 0 Å². The second-order valence-electron chi connectivity index (χ2n) is 4.82. The van der Waals surface area contributed by atoms with Gasteiger partial charge in [-0.25, -0.2) is 0 Å². The molecule has 0 bridgehead atoms. The van der Waals surface area contributed by atoms with Crippen molar-refractivity contribution in [3.8, 4) is 5.75 Å². The minimum Gasteiger partial charge on any atom is -0.496 e. The topological polar surface area (TPSA) is 21.3 Å². The van der Waals surface area contributed by atoms with Crippen LogP contribution < -0.4 is 10.1 Å². The fourth-order valence-corrected chi connectivity index (χ4v) is 4.26. The molecule has 0 saturated heterocycles. The third-order valence-corrected chi connectivity index (χ3v) is 5.36. The maximum absolute atomic E-state index is 6.26. The molecule has 106 valence electrons. The molecule has 0 aliphatic heterocycles. The predicted molar refractivity (Wildman–Crippen MR) is 85.2 cm³/mol. The summed E-state index contributed by atoms with van der Waals surface area (Å²) in [5, 5.41) is 4.30. The summed E-state index contributed by atoms with van der Waals surface area (Å²) in [6.45, 7) is 0.695. The molecule has 1 atom stereocenters. The Bertz CT molecular complexity index is 626. The van der Waals surface area contributed by atoms with Gasteiger partial charge in [-0.2, -0.15) is 0 Å². The standard InChI is InChI=1S/C15H15Cl2NOS/c1-19-13-4-2-3-11(16)10(13)8-18-12-5-6-14-9(12)7-15(17)20-14/h2-4,7,12,18H,5-6,8H2,1H3. The molecule has 20 heavy (non-hydrogen) atoms. The fourth-order valence-electron chi connectivity index (χ4n) is 2.67. The molecular formula is C15H15Cl2NOS. The molecule has 1 heterocycles. The lowest BCUT2D eigenvalue weighted by Crippen LogP contribution is -2.19. The third-order valence-electron chi connectivity index (χ3n) is 3.67. The molecule has 1 aromatic heterocycles. The zero-order chi connectivity index (χ0) is 14.1. The molecule has 0 amide bonds. The highest BCUT2D eigenvalue weighted by molar-refractivity contribution is 7.16. The van der Waals surface area contributed by atoms with Crippen LogP contribution >= 0.6 is 34.5 Å². The van der Waals surface area contributed by atoms with Gasteiger partial charge < -0.3 is 10.1 Å². The van der Waals surface area contributed by atoms with E-state index in [1.54, 1.807) is 18.4 Å². The highest BCUT2D eigenvalue weighted by Gasteiger charge is 2.25. The zero-order valence-corrected chi connectivity index (χ0v) is 13.4. The minimum atomic E-state index is 0.356. The monoisotopic (exact) mass is 327 g/mol. The summed E-state index contributed by atoms with van der Waals surface area (Å²) in [4.78, 5) is 1.40. The molecule has 0 saturated carbocycles. The van der Waals surface area contributed by atoms with Gasteiger partial charge in [-0.3, -0.25) is 0 Å². The number of methoxy groups -OCH3 is 1. The number of halogens is 2. The van der Waals surface area contributed by atoms with Crippen molar-refractivity contribution >= 4 is 34.5 Å². The van der Waals surface area contributed by atoms with Gasteiger partial charge in [-0.15, -0.1) is 11.3 Å². The van der Waals surface area contributed by atoms with Gasteiger partial charge in [0.25, 0.3) is 0 Å². The van der Waals surface area contributed by atoms with E-state index in [1.165, 1.54) is 10.4 Å². The first-order chi connectivity index (χ1) is 9.69. The van der Waals surface area contributed by atoms with E-state index in [-0.39, 0.29) is 0 Å². The Morgan fingerprint density at radius 3 is 3.05 bits per heavy atom. The molecule has 1 aliphatic rings. The van der Waals surface area contributed by atoms with E-state index in [0.29, 0.717) is 12.6 Å². The largest absolute Gasteiger partial charge is 0.496 e. The number of nitrogens with one attached hydrogen (secondary N) is 1. The number of hydrogen-bond donors (Lipinski definition) is 1. The van der Waals surface area contributed by atoms with Crippen LogP contribution in [-0.2, 0) is 13.0 Å². The first kappa shape index (κ1) is 14.2. The maximum atomic E-state index is 6.26. The van der Waals surface area contributed by atoms with E-state index < -0.39 is 0 Å². The molecule has 2 aromatic rings. The van der Waals surface area contributed by atoms with Crippen LogP contribution in [-0.4, -0.2) is 7.11 Å². The van der Waals surface area contributed by atoms with E-state index in [0.717, 1.165) is 33.5 Å². The van der Waals surface area contributed by atoms with Gasteiger partial charge in [-0.1, -0.05) is 29.3 Å². The van der Waals surface area contributed by atoms with Crippen LogP contribution in [0, 0.1) is 0 Å². The number of benzene rings is 1. The average Bonchev–Trinajstić information content (AvgIpc) is 2.96. The lowest BCUT2D eigenvalue weighted by Gasteiger charge is -2.16. The van der Waals surface area contributed by atoms with Crippen molar-refractivity contribution in [3.63, 3.8) is 0 Å². The van der Waals surface area contributed by atoms with Crippen molar-refractivity contribution in [2.24, 2.45) is 0 Å². The summed E-state index contributed by atoms with van der Waals surface area (Å²) in [5.41, 5.74) is 2.34. The summed E-state index contributed by atoms with van der Waals surface area (Å²) in [6, 6.07) is 8.16. The number of hydrogen-bond acceptors (Lipinski definition) is 3. The molecule has 5 heteroatoms. The summed E-state index contributed by atoms with van der Waals surface area (Å²) in [5.74, 6) is 0.826. The highest BCUT2D eigenvalue weighted by atomic mass is 35.5. The Kier molecular flexibility index (Phi) is 4.22. The van der Waals surface area contributed by atoms with Crippen molar-refractivity contribution in [2.75, 3.05) is 7.11 Å². The Balaban J connectivity index is 1.75. The summed E-state index contributed by atoms with van der Waals surface area (Å²) in [7, 11) is 1.67. The Morgan fingerprint density at radius 2 is 2.25 bits per heavy atom. The molecule has 0 radical (unpaired) electrons. The van der Waals surface area contributed by atoms with E-state index in [9.17, 15) is 0 Å². The Hall–Kier alpha value is -0.740. The van der Waals surface area contributed by atoms with Gasteiger partial charge in [0.15, 0.2) is 0 Å². The molecule has 0 spiro atoms. The van der Waals surface area contributed by atoms with Crippen LogP contribution in [0.25, 0.3) is 0 Å². The van der Waals surface area contributed by atoms with Gasteiger partial charge in [0, 0.05) is 28.0 Å². The molecule has 1 aromatic carbocycles. The second-order valence-corrected chi connectivity index (χ2v) is 7.00. The Morgan fingerprint density at radius 1 is 1.40 bits per heavy atom. The van der Waals surface area contributed by atoms with E-state index in [2.05, 4.69) is 11.4 Å². The second kappa shape index (κ2) is 5.94. The normalized spacial score (nSPS) is 17.2. The number of thiophene rings is 1. The first-order valence-electron chi connectivity index (χ1n) is 6.52. The molecule has 1 unspecified atom stereocenters. The quantitative estimate of drug-likeness (QED) is 0.867. The molecule has 1 aliphatic carbocycles. The molecule has 1 N–H and O–H groups in total. The van der Waals surface area contributed by atoms with Crippen LogP contribution in [0.15, 0.2) is 24.3 Å². The number of ether oxygens (including phenoxy) is 1. The fraction of sp³-hybridized carbons (Fsp3) is 0.333. The minimum absolute atomic E-state index is 0.356. The summed E-state index contributed by atoms with van der Waals surface area (Å²) in [6.07, 6.45) is 2.22. The molecular weight excluding hydrogens is 313 g/mol. The van der Waals surface area contributed by atoms with Crippen molar-refractivity contribution in [1.82, 2.24) is 5.32 Å². The Labute approximate surface area is 132 Å². The van der Waals surface area contributed by atoms with Crippen molar-refractivity contribution in [1.29, 1.82) is 0 Å². The van der Waals surface area contributed by atoms with Crippen LogP contribution in [0.1, 0.15) is 28.5 Å². The van der Waals surface area contributed by atoms with Gasteiger partial charge in [0.05, 0.1) is 11.4 Å². The van der Waals surface area contributed by atoms with Crippen molar-refractivity contribution in [3.05, 3.63) is 49.6 Å². The molecule has 2 nitrogen and oxygen atoms in total.